The molecule has 0 saturated carbocycles. The third-order valence-electron chi connectivity index (χ3n) is 5.15. The van der Waals surface area contributed by atoms with Crippen molar-refractivity contribution in [3.05, 3.63) is 45.0 Å². The van der Waals surface area contributed by atoms with Crippen LogP contribution >= 0.6 is 11.3 Å². The molecule has 1 saturated heterocycles. The molecule has 1 fully saturated rings. The summed E-state index contributed by atoms with van der Waals surface area (Å²) in [4.78, 5) is 29.3. The van der Waals surface area contributed by atoms with Gasteiger partial charge >= 0.3 is 0 Å². The van der Waals surface area contributed by atoms with Gasteiger partial charge in [0.05, 0.1) is 11.1 Å². The van der Waals surface area contributed by atoms with Crippen LogP contribution in [-0.4, -0.2) is 35.8 Å². The average molecular weight is 389 g/mol. The second-order valence-corrected chi connectivity index (χ2v) is 8.27. The quantitative estimate of drug-likeness (QED) is 0.807. The normalized spacial score (nSPS) is 15.1. The Morgan fingerprint density at radius 1 is 1.30 bits per heavy atom. The highest BCUT2D eigenvalue weighted by Gasteiger charge is 2.27. The summed E-state index contributed by atoms with van der Waals surface area (Å²) in [5, 5.41) is 3.03. The minimum atomic E-state index is -0.169. The van der Waals surface area contributed by atoms with Crippen LogP contribution in [0, 0.1) is 6.92 Å². The zero-order valence-electron chi connectivity index (χ0n) is 16.3. The molecule has 3 heterocycles. The standard InChI is InChI=1S/C21H28N2O3S/c1-4-6-17-15(5-2)13-18(27-17)21(25)23-10-7-16(8-11-23)22-20(24)19-14(3)9-12-26-19/h9,12-13,16H,4-8,10-11H2,1-3H3,(H,22,24). The SMILES string of the molecule is CCCc1sc(C(=O)N2CCC(NC(=O)c3occc3C)CC2)cc1CC. The number of amides is 2. The molecule has 1 aliphatic rings. The molecule has 6 heteroatoms. The smallest absolute Gasteiger partial charge is 0.287 e. The van der Waals surface area contributed by atoms with Crippen LogP contribution in [0.1, 0.15) is 69.3 Å². The number of aryl methyl sites for hydroxylation is 3. The molecule has 0 radical (unpaired) electrons. The Labute approximate surface area is 164 Å². The van der Waals surface area contributed by atoms with E-state index in [0.717, 1.165) is 42.5 Å². The van der Waals surface area contributed by atoms with Crippen LogP contribution in [0.25, 0.3) is 0 Å². The van der Waals surface area contributed by atoms with E-state index in [1.165, 1.54) is 16.7 Å². The van der Waals surface area contributed by atoms with Crippen LogP contribution in [0.5, 0.6) is 0 Å². The lowest BCUT2D eigenvalue weighted by Crippen LogP contribution is -2.46. The molecule has 0 aliphatic carbocycles. The number of furan rings is 1. The molecule has 146 valence electrons. The highest BCUT2D eigenvalue weighted by molar-refractivity contribution is 7.14. The first-order valence-corrected chi connectivity index (χ1v) is 10.6. The molecule has 0 spiro atoms. The molecule has 0 aromatic carbocycles. The van der Waals surface area contributed by atoms with Crippen molar-refractivity contribution in [2.24, 2.45) is 0 Å². The van der Waals surface area contributed by atoms with E-state index in [9.17, 15) is 9.59 Å². The Balaban J connectivity index is 1.56. The molecule has 0 atom stereocenters. The van der Waals surface area contributed by atoms with Gasteiger partial charge in [-0.1, -0.05) is 20.3 Å². The van der Waals surface area contributed by atoms with E-state index < -0.39 is 0 Å². The van der Waals surface area contributed by atoms with E-state index in [-0.39, 0.29) is 17.9 Å². The van der Waals surface area contributed by atoms with E-state index in [2.05, 4.69) is 25.2 Å². The van der Waals surface area contributed by atoms with E-state index in [1.54, 1.807) is 17.4 Å². The molecule has 27 heavy (non-hydrogen) atoms. The molecule has 1 aliphatic heterocycles. The van der Waals surface area contributed by atoms with Gasteiger partial charge in [0.25, 0.3) is 11.8 Å². The maximum absolute atomic E-state index is 12.9. The summed E-state index contributed by atoms with van der Waals surface area (Å²) in [6.45, 7) is 7.51. The summed E-state index contributed by atoms with van der Waals surface area (Å²) in [6.07, 6.45) is 6.18. The third kappa shape index (κ3) is 4.43. The first-order valence-electron chi connectivity index (χ1n) is 9.79. The van der Waals surface area contributed by atoms with Gasteiger partial charge < -0.3 is 14.6 Å². The van der Waals surface area contributed by atoms with Crippen molar-refractivity contribution < 1.29 is 14.0 Å². The first-order chi connectivity index (χ1) is 13.0. The number of carbonyl (C=O) groups is 2. The number of piperidine rings is 1. The van der Waals surface area contributed by atoms with Gasteiger partial charge in [-0.2, -0.15) is 0 Å². The van der Waals surface area contributed by atoms with Crippen LogP contribution in [0.15, 0.2) is 22.8 Å². The maximum atomic E-state index is 12.9. The monoisotopic (exact) mass is 388 g/mol. The molecule has 0 bridgehead atoms. The fourth-order valence-electron chi connectivity index (χ4n) is 3.55. The fraction of sp³-hybridized carbons (Fsp3) is 0.524. The van der Waals surface area contributed by atoms with Crippen LogP contribution in [-0.2, 0) is 12.8 Å². The highest BCUT2D eigenvalue weighted by Crippen LogP contribution is 2.27. The number of likely N-dealkylation sites (tertiary alicyclic amines) is 1. The maximum Gasteiger partial charge on any atom is 0.287 e. The van der Waals surface area contributed by atoms with E-state index in [0.29, 0.717) is 18.8 Å². The van der Waals surface area contributed by atoms with Crippen molar-refractivity contribution in [3.63, 3.8) is 0 Å². The molecular formula is C21H28N2O3S. The van der Waals surface area contributed by atoms with Gasteiger partial charge in [-0.15, -0.1) is 11.3 Å². The zero-order valence-corrected chi connectivity index (χ0v) is 17.2. The Bertz CT molecular complexity index is 800. The van der Waals surface area contributed by atoms with Crippen LogP contribution in [0.3, 0.4) is 0 Å². The fourth-order valence-corrected chi connectivity index (χ4v) is 4.87. The minimum absolute atomic E-state index is 0.0799. The number of rotatable bonds is 6. The van der Waals surface area contributed by atoms with Crippen molar-refractivity contribution in [2.75, 3.05) is 13.1 Å². The number of hydrogen-bond acceptors (Lipinski definition) is 4. The second-order valence-electron chi connectivity index (χ2n) is 7.14. The van der Waals surface area contributed by atoms with Gasteiger partial charge in [0, 0.05) is 29.6 Å². The van der Waals surface area contributed by atoms with Crippen molar-refractivity contribution >= 4 is 23.2 Å². The van der Waals surface area contributed by atoms with Crippen molar-refractivity contribution in [1.82, 2.24) is 10.2 Å². The molecular weight excluding hydrogens is 360 g/mol. The molecule has 5 nitrogen and oxygen atoms in total. The number of thiophene rings is 1. The lowest BCUT2D eigenvalue weighted by atomic mass is 10.0. The number of nitrogens with one attached hydrogen (secondary N) is 1. The van der Waals surface area contributed by atoms with Crippen LogP contribution < -0.4 is 5.32 Å². The first kappa shape index (κ1) is 19.7. The zero-order chi connectivity index (χ0) is 19.4. The van der Waals surface area contributed by atoms with Crippen LogP contribution in [0.4, 0.5) is 0 Å². The number of nitrogens with zero attached hydrogens (tertiary/aromatic N) is 1. The van der Waals surface area contributed by atoms with Crippen molar-refractivity contribution in [3.8, 4) is 0 Å². The predicted octanol–water partition coefficient (Wildman–Crippen LogP) is 4.20. The lowest BCUT2D eigenvalue weighted by molar-refractivity contribution is 0.0700. The Morgan fingerprint density at radius 2 is 2.04 bits per heavy atom. The molecule has 2 aromatic rings. The third-order valence-corrected chi connectivity index (χ3v) is 6.38. The molecule has 1 N–H and O–H groups in total. The van der Waals surface area contributed by atoms with Gasteiger partial charge in [-0.05, 0) is 50.3 Å². The van der Waals surface area contributed by atoms with Gasteiger partial charge in [-0.25, -0.2) is 0 Å². The van der Waals surface area contributed by atoms with E-state index >= 15 is 0 Å². The van der Waals surface area contributed by atoms with Crippen LogP contribution in [0.2, 0.25) is 0 Å². The van der Waals surface area contributed by atoms with Gasteiger partial charge in [0.1, 0.15) is 0 Å². The average Bonchev–Trinajstić information content (AvgIpc) is 3.28. The number of carbonyl (C=O) groups excluding carboxylic acids is 2. The largest absolute Gasteiger partial charge is 0.459 e. The van der Waals surface area contributed by atoms with E-state index in [1.807, 2.05) is 11.8 Å². The van der Waals surface area contributed by atoms with E-state index in [4.69, 9.17) is 4.42 Å². The molecule has 2 amide bonds. The van der Waals surface area contributed by atoms with Crippen molar-refractivity contribution in [2.45, 2.75) is 58.9 Å². The summed E-state index contributed by atoms with van der Waals surface area (Å²) in [5.41, 5.74) is 2.15. The Morgan fingerprint density at radius 3 is 2.63 bits per heavy atom. The van der Waals surface area contributed by atoms with Gasteiger partial charge in [0.15, 0.2) is 5.76 Å². The van der Waals surface area contributed by atoms with Gasteiger partial charge in [0.2, 0.25) is 0 Å². The Hall–Kier alpha value is -2.08. The molecule has 0 unspecified atom stereocenters. The molecule has 3 rings (SSSR count). The lowest BCUT2D eigenvalue weighted by Gasteiger charge is -2.32. The summed E-state index contributed by atoms with van der Waals surface area (Å²) in [7, 11) is 0. The molecule has 2 aromatic heterocycles. The predicted molar refractivity (Wildman–Crippen MR) is 108 cm³/mol. The highest BCUT2D eigenvalue weighted by atomic mass is 32.1. The van der Waals surface area contributed by atoms with Gasteiger partial charge in [-0.3, -0.25) is 9.59 Å². The summed E-state index contributed by atoms with van der Waals surface area (Å²) in [6, 6.07) is 3.94. The minimum Gasteiger partial charge on any atom is -0.459 e. The summed E-state index contributed by atoms with van der Waals surface area (Å²) < 4.78 is 5.25. The summed E-state index contributed by atoms with van der Waals surface area (Å²) in [5.74, 6) is 0.337. The van der Waals surface area contributed by atoms with Crippen molar-refractivity contribution in [1.29, 1.82) is 0 Å². The topological polar surface area (TPSA) is 62.6 Å². The number of hydrogen-bond donors (Lipinski definition) is 1. The Kier molecular flexibility index (Phi) is 6.37. The summed E-state index contributed by atoms with van der Waals surface area (Å²) >= 11 is 1.65. The second kappa shape index (κ2) is 8.74.